The highest BCUT2D eigenvalue weighted by Crippen LogP contribution is 2.37. The van der Waals surface area contributed by atoms with E-state index in [-0.39, 0.29) is 24.1 Å². The van der Waals surface area contributed by atoms with Crippen molar-refractivity contribution >= 4 is 14.3 Å². The normalized spacial score (nSPS) is 13.8. The second-order valence-electron chi connectivity index (χ2n) is 5.85. The molecule has 0 aromatic heterocycles. The van der Waals surface area contributed by atoms with Gasteiger partial charge in [-0.05, 0) is 30.1 Å². The van der Waals surface area contributed by atoms with Gasteiger partial charge in [-0.2, -0.15) is 0 Å². The standard InChI is InChI=1S/C11H23N3O3Si/c1-11(2,3)18(4,5)17-9(8-13-14-12)6-7-10(15)16/h9H,6-8H2,1-5H3,(H,15,16). The summed E-state index contributed by atoms with van der Waals surface area (Å²) in [5, 5.41) is 12.2. The number of nitrogens with zero attached hydrogens (tertiary/aromatic N) is 3. The van der Waals surface area contributed by atoms with E-state index in [2.05, 4.69) is 43.9 Å². The zero-order chi connectivity index (χ0) is 14.4. The number of hydrogen-bond acceptors (Lipinski definition) is 3. The van der Waals surface area contributed by atoms with Gasteiger partial charge in [0.2, 0.25) is 0 Å². The van der Waals surface area contributed by atoms with Crippen molar-refractivity contribution in [3.8, 4) is 0 Å². The number of azide groups is 1. The Bertz CT molecular complexity index is 333. The van der Waals surface area contributed by atoms with Crippen molar-refractivity contribution in [1.29, 1.82) is 0 Å². The van der Waals surface area contributed by atoms with Crippen LogP contribution in [-0.2, 0) is 9.22 Å². The third kappa shape index (κ3) is 6.04. The lowest BCUT2D eigenvalue weighted by Crippen LogP contribution is -2.44. The molecule has 0 aromatic rings. The molecule has 0 rings (SSSR count). The van der Waals surface area contributed by atoms with Gasteiger partial charge >= 0.3 is 5.97 Å². The van der Waals surface area contributed by atoms with Gasteiger partial charge in [-0.15, -0.1) is 0 Å². The van der Waals surface area contributed by atoms with E-state index < -0.39 is 14.3 Å². The van der Waals surface area contributed by atoms with E-state index in [4.69, 9.17) is 15.1 Å². The second-order valence-corrected chi connectivity index (χ2v) is 10.6. The topological polar surface area (TPSA) is 95.3 Å². The number of carboxylic acids is 1. The van der Waals surface area contributed by atoms with Crippen LogP contribution in [0.1, 0.15) is 33.6 Å². The largest absolute Gasteiger partial charge is 0.481 e. The summed E-state index contributed by atoms with van der Waals surface area (Å²) in [4.78, 5) is 13.3. The van der Waals surface area contributed by atoms with E-state index >= 15 is 0 Å². The molecular weight excluding hydrogens is 250 g/mol. The summed E-state index contributed by atoms with van der Waals surface area (Å²) in [6.45, 7) is 10.7. The molecule has 7 heteroatoms. The third-order valence-corrected chi connectivity index (χ3v) is 7.83. The van der Waals surface area contributed by atoms with Crippen LogP contribution in [0, 0.1) is 0 Å². The van der Waals surface area contributed by atoms with Crippen LogP contribution in [0.25, 0.3) is 10.4 Å². The van der Waals surface area contributed by atoms with E-state index in [0.29, 0.717) is 6.42 Å². The summed E-state index contributed by atoms with van der Waals surface area (Å²) >= 11 is 0. The highest BCUT2D eigenvalue weighted by Gasteiger charge is 2.38. The summed E-state index contributed by atoms with van der Waals surface area (Å²) in [6, 6.07) is 0. The summed E-state index contributed by atoms with van der Waals surface area (Å²) in [7, 11) is -1.97. The van der Waals surface area contributed by atoms with E-state index in [1.807, 2.05) is 0 Å². The van der Waals surface area contributed by atoms with Crippen LogP contribution in [0.3, 0.4) is 0 Å². The highest BCUT2D eigenvalue weighted by molar-refractivity contribution is 6.74. The molecule has 0 spiro atoms. The van der Waals surface area contributed by atoms with Crippen molar-refractivity contribution < 1.29 is 14.3 Å². The van der Waals surface area contributed by atoms with Gasteiger partial charge in [-0.25, -0.2) is 0 Å². The average molecular weight is 273 g/mol. The number of rotatable bonds is 7. The van der Waals surface area contributed by atoms with E-state index in [0.717, 1.165) is 0 Å². The molecule has 0 aromatic carbocycles. The Hall–Kier alpha value is -1.04. The van der Waals surface area contributed by atoms with Gasteiger partial charge in [0.25, 0.3) is 0 Å². The molecule has 0 fully saturated rings. The van der Waals surface area contributed by atoms with Gasteiger partial charge in [0.15, 0.2) is 8.32 Å². The van der Waals surface area contributed by atoms with Crippen molar-refractivity contribution in [2.24, 2.45) is 5.11 Å². The van der Waals surface area contributed by atoms with Gasteiger partial charge in [0.1, 0.15) is 0 Å². The Balaban J connectivity index is 4.66. The van der Waals surface area contributed by atoms with Crippen LogP contribution in [0.4, 0.5) is 0 Å². The van der Waals surface area contributed by atoms with Crippen LogP contribution < -0.4 is 0 Å². The first-order valence-electron chi connectivity index (χ1n) is 6.00. The van der Waals surface area contributed by atoms with E-state index in [1.54, 1.807) is 0 Å². The van der Waals surface area contributed by atoms with Crippen molar-refractivity contribution in [3.63, 3.8) is 0 Å². The molecular formula is C11H23N3O3Si. The summed E-state index contributed by atoms with van der Waals surface area (Å²) < 4.78 is 6.07. The molecule has 0 saturated heterocycles. The van der Waals surface area contributed by atoms with Crippen molar-refractivity contribution in [1.82, 2.24) is 0 Å². The average Bonchev–Trinajstić information content (AvgIpc) is 2.20. The molecule has 0 saturated carbocycles. The van der Waals surface area contributed by atoms with Gasteiger partial charge in [0, 0.05) is 11.3 Å². The maximum absolute atomic E-state index is 10.6. The number of aliphatic carboxylic acids is 1. The number of hydrogen-bond donors (Lipinski definition) is 1. The first-order chi connectivity index (χ1) is 8.10. The molecule has 0 amide bonds. The van der Waals surface area contributed by atoms with Gasteiger partial charge in [0.05, 0.1) is 12.6 Å². The van der Waals surface area contributed by atoms with Crippen LogP contribution in [0.15, 0.2) is 5.11 Å². The second kappa shape index (κ2) is 6.77. The summed E-state index contributed by atoms with van der Waals surface area (Å²) in [5.74, 6) is -0.861. The van der Waals surface area contributed by atoms with Crippen LogP contribution in [-0.4, -0.2) is 32.0 Å². The van der Waals surface area contributed by atoms with Crippen LogP contribution in [0.5, 0.6) is 0 Å². The molecule has 18 heavy (non-hydrogen) atoms. The minimum Gasteiger partial charge on any atom is -0.481 e. The molecule has 1 atom stereocenters. The van der Waals surface area contributed by atoms with Crippen molar-refractivity contribution in [2.75, 3.05) is 6.54 Å². The highest BCUT2D eigenvalue weighted by atomic mass is 28.4. The van der Waals surface area contributed by atoms with Crippen molar-refractivity contribution in [2.45, 2.75) is 57.8 Å². The molecule has 0 radical (unpaired) electrons. The Morgan fingerprint density at radius 3 is 2.44 bits per heavy atom. The quantitative estimate of drug-likeness (QED) is 0.332. The molecule has 0 aliphatic carbocycles. The zero-order valence-corrected chi connectivity index (χ0v) is 12.8. The molecule has 1 unspecified atom stereocenters. The smallest absolute Gasteiger partial charge is 0.303 e. The molecule has 0 bridgehead atoms. The zero-order valence-electron chi connectivity index (χ0n) is 11.8. The minimum atomic E-state index is -1.97. The fourth-order valence-electron chi connectivity index (χ4n) is 1.19. The van der Waals surface area contributed by atoms with Gasteiger partial charge in [-0.1, -0.05) is 25.9 Å². The summed E-state index contributed by atoms with van der Waals surface area (Å²) in [6.07, 6.45) is 0.0964. The lowest BCUT2D eigenvalue weighted by Gasteiger charge is -2.39. The molecule has 0 aliphatic rings. The fourth-order valence-corrected chi connectivity index (χ4v) is 2.57. The predicted molar refractivity (Wildman–Crippen MR) is 73.0 cm³/mol. The number of carbonyl (C=O) groups is 1. The lowest BCUT2D eigenvalue weighted by molar-refractivity contribution is -0.137. The first-order valence-corrected chi connectivity index (χ1v) is 8.91. The predicted octanol–water partition coefficient (Wildman–Crippen LogP) is 3.55. The Kier molecular flexibility index (Phi) is 6.38. The SMILES string of the molecule is CC(C)(C)[Si](C)(C)OC(CCC(=O)O)CN=[N+]=[N-]. The van der Waals surface area contributed by atoms with Crippen LogP contribution in [0.2, 0.25) is 18.1 Å². The molecule has 1 N–H and O–H groups in total. The van der Waals surface area contributed by atoms with Crippen molar-refractivity contribution in [3.05, 3.63) is 10.4 Å². The monoisotopic (exact) mass is 273 g/mol. The Morgan fingerprint density at radius 2 is 2.06 bits per heavy atom. The first kappa shape index (κ1) is 17.0. The maximum atomic E-state index is 10.6. The molecule has 6 nitrogen and oxygen atoms in total. The number of carboxylic acid groups (broad SMARTS) is 1. The minimum absolute atomic E-state index is 0.0280. The van der Waals surface area contributed by atoms with Crippen LogP contribution >= 0.6 is 0 Å². The van der Waals surface area contributed by atoms with E-state index in [9.17, 15) is 4.79 Å². The summed E-state index contributed by atoms with van der Waals surface area (Å²) in [5.41, 5.74) is 8.35. The lowest BCUT2D eigenvalue weighted by atomic mass is 10.2. The fraction of sp³-hybridized carbons (Fsp3) is 0.909. The molecule has 104 valence electrons. The van der Waals surface area contributed by atoms with E-state index in [1.165, 1.54) is 0 Å². The Labute approximate surface area is 109 Å². The third-order valence-electron chi connectivity index (χ3n) is 3.30. The van der Waals surface area contributed by atoms with Gasteiger partial charge in [-0.3, -0.25) is 4.79 Å². The maximum Gasteiger partial charge on any atom is 0.303 e. The van der Waals surface area contributed by atoms with Gasteiger partial charge < -0.3 is 9.53 Å². The molecule has 0 heterocycles. The Morgan fingerprint density at radius 1 is 1.50 bits per heavy atom. The molecule has 0 aliphatic heterocycles.